The van der Waals surface area contributed by atoms with Crippen LogP contribution in [0, 0.1) is 0 Å². The number of hydrogen-bond acceptors (Lipinski definition) is 4. The van der Waals surface area contributed by atoms with Crippen LogP contribution in [0.3, 0.4) is 0 Å². The first-order valence-electron chi connectivity index (χ1n) is 8.65. The van der Waals surface area contributed by atoms with Crippen LogP contribution in [0.25, 0.3) is 0 Å². The number of hydrogen-bond donors (Lipinski definition) is 1. The summed E-state index contributed by atoms with van der Waals surface area (Å²) in [6, 6.07) is 12.3. The minimum atomic E-state index is -0.537. The van der Waals surface area contributed by atoms with Crippen molar-refractivity contribution >= 4 is 35.1 Å². The Labute approximate surface area is 173 Å². The molecular weight excluding hydrogens is 401 g/mol. The van der Waals surface area contributed by atoms with Gasteiger partial charge < -0.3 is 14.8 Å². The molecule has 0 aromatic heterocycles. The second kappa shape index (κ2) is 8.67. The van der Waals surface area contributed by atoms with E-state index < -0.39 is 11.9 Å². The van der Waals surface area contributed by atoms with Crippen molar-refractivity contribution in [2.75, 3.05) is 7.11 Å². The number of carbonyl (C=O) groups is 2. The van der Waals surface area contributed by atoms with Gasteiger partial charge in [-0.3, -0.25) is 4.79 Å². The van der Waals surface area contributed by atoms with Crippen LogP contribution in [-0.2, 0) is 20.9 Å². The number of methoxy groups -OCH3 is 1. The highest BCUT2D eigenvalue weighted by atomic mass is 35.5. The smallest absolute Gasteiger partial charge is 0.336 e. The normalized spacial score (nSPS) is 16.6. The maximum absolute atomic E-state index is 12.9. The molecule has 5 nitrogen and oxygen atoms in total. The molecule has 0 aliphatic carbocycles. The third kappa shape index (κ3) is 4.32. The number of carbonyl (C=O) groups excluding carboxylic acids is 2. The lowest BCUT2D eigenvalue weighted by Crippen LogP contribution is -2.34. The summed E-state index contributed by atoms with van der Waals surface area (Å²) < 4.78 is 10.8. The number of rotatable bonds is 5. The summed E-state index contributed by atoms with van der Waals surface area (Å²) in [4.78, 5) is 25.0. The molecule has 0 bridgehead atoms. The van der Waals surface area contributed by atoms with Gasteiger partial charge in [0.15, 0.2) is 0 Å². The molecule has 3 rings (SSSR count). The van der Waals surface area contributed by atoms with Gasteiger partial charge in [-0.1, -0.05) is 41.4 Å². The Morgan fingerprint density at radius 3 is 2.71 bits per heavy atom. The number of benzene rings is 2. The molecule has 0 spiro atoms. The SMILES string of the molecule is COc1ccccc1COC(=O)C1=C(C)NC(=O)CC1c1cc(Cl)ccc1Cl. The number of allylic oxidation sites excluding steroid dienone is 1. The first-order chi connectivity index (χ1) is 13.4. The van der Waals surface area contributed by atoms with E-state index in [4.69, 9.17) is 32.7 Å². The van der Waals surface area contributed by atoms with Gasteiger partial charge in [-0.05, 0) is 36.8 Å². The van der Waals surface area contributed by atoms with Crippen LogP contribution in [0.4, 0.5) is 0 Å². The van der Waals surface area contributed by atoms with E-state index in [0.717, 1.165) is 5.56 Å². The first-order valence-corrected chi connectivity index (χ1v) is 9.41. The third-order valence-electron chi connectivity index (χ3n) is 4.57. The summed E-state index contributed by atoms with van der Waals surface area (Å²) >= 11 is 12.4. The Morgan fingerprint density at radius 2 is 1.96 bits per heavy atom. The molecule has 0 fully saturated rings. The molecule has 1 N–H and O–H groups in total. The number of nitrogens with one attached hydrogen (secondary N) is 1. The molecule has 1 unspecified atom stereocenters. The van der Waals surface area contributed by atoms with Crippen LogP contribution in [0.1, 0.15) is 30.4 Å². The van der Waals surface area contributed by atoms with Gasteiger partial charge in [0.2, 0.25) is 5.91 Å². The van der Waals surface area contributed by atoms with E-state index in [-0.39, 0.29) is 18.9 Å². The summed E-state index contributed by atoms with van der Waals surface area (Å²) in [5.41, 5.74) is 2.17. The molecule has 0 radical (unpaired) electrons. The van der Waals surface area contributed by atoms with Crippen LogP contribution < -0.4 is 10.1 Å². The predicted octanol–water partition coefficient (Wildman–Crippen LogP) is 4.62. The minimum absolute atomic E-state index is 0.0452. The Balaban J connectivity index is 1.90. The number of halogens is 2. The Kier molecular flexibility index (Phi) is 6.27. The van der Waals surface area contributed by atoms with Crippen molar-refractivity contribution in [2.45, 2.75) is 25.9 Å². The van der Waals surface area contributed by atoms with E-state index in [9.17, 15) is 9.59 Å². The van der Waals surface area contributed by atoms with Crippen LogP contribution in [0.2, 0.25) is 10.0 Å². The number of esters is 1. The van der Waals surface area contributed by atoms with Crippen molar-refractivity contribution in [3.63, 3.8) is 0 Å². The minimum Gasteiger partial charge on any atom is -0.496 e. The first kappa shape index (κ1) is 20.2. The zero-order valence-electron chi connectivity index (χ0n) is 15.4. The van der Waals surface area contributed by atoms with Gasteiger partial charge in [0.25, 0.3) is 0 Å². The lowest BCUT2D eigenvalue weighted by molar-refractivity contribution is -0.141. The van der Waals surface area contributed by atoms with E-state index in [1.54, 1.807) is 38.3 Å². The molecule has 146 valence electrons. The third-order valence-corrected chi connectivity index (χ3v) is 5.15. The van der Waals surface area contributed by atoms with Crippen molar-refractivity contribution in [1.82, 2.24) is 5.32 Å². The monoisotopic (exact) mass is 419 g/mol. The highest BCUT2D eigenvalue weighted by molar-refractivity contribution is 6.33. The molecule has 0 saturated carbocycles. The molecular formula is C21H19Cl2NO4. The molecule has 1 atom stereocenters. The van der Waals surface area contributed by atoms with Gasteiger partial charge in [0.1, 0.15) is 12.4 Å². The topological polar surface area (TPSA) is 64.6 Å². The maximum Gasteiger partial charge on any atom is 0.336 e. The van der Waals surface area contributed by atoms with Crippen LogP contribution in [0.5, 0.6) is 5.75 Å². The van der Waals surface area contributed by atoms with Gasteiger partial charge in [-0.15, -0.1) is 0 Å². The van der Waals surface area contributed by atoms with Gasteiger partial charge in [-0.25, -0.2) is 4.79 Å². The predicted molar refractivity (Wildman–Crippen MR) is 107 cm³/mol. The van der Waals surface area contributed by atoms with Gasteiger partial charge in [-0.2, -0.15) is 0 Å². The fourth-order valence-corrected chi connectivity index (χ4v) is 3.69. The molecule has 1 amide bonds. The largest absolute Gasteiger partial charge is 0.496 e. The molecule has 1 heterocycles. The van der Waals surface area contributed by atoms with Crippen LogP contribution in [0.15, 0.2) is 53.7 Å². The summed E-state index contributed by atoms with van der Waals surface area (Å²) in [5, 5.41) is 3.62. The van der Waals surface area contributed by atoms with Gasteiger partial charge >= 0.3 is 5.97 Å². The van der Waals surface area contributed by atoms with Crippen molar-refractivity contribution in [2.24, 2.45) is 0 Å². The highest BCUT2D eigenvalue weighted by Crippen LogP contribution is 2.38. The molecule has 2 aromatic rings. The zero-order chi connectivity index (χ0) is 20.3. The van der Waals surface area contributed by atoms with Crippen molar-refractivity contribution in [3.05, 3.63) is 74.9 Å². The van der Waals surface area contributed by atoms with Crippen LogP contribution in [-0.4, -0.2) is 19.0 Å². The fourth-order valence-electron chi connectivity index (χ4n) is 3.26. The van der Waals surface area contributed by atoms with Crippen molar-refractivity contribution in [1.29, 1.82) is 0 Å². The summed E-state index contributed by atoms with van der Waals surface area (Å²) in [7, 11) is 1.56. The zero-order valence-corrected chi connectivity index (χ0v) is 16.9. The van der Waals surface area contributed by atoms with Crippen LogP contribution >= 0.6 is 23.2 Å². The maximum atomic E-state index is 12.9. The number of para-hydroxylation sites is 1. The second-order valence-electron chi connectivity index (χ2n) is 6.40. The standard InChI is InChI=1S/C21H19Cl2NO4/c1-12-20(21(26)28-11-13-5-3-4-6-18(13)27-2)16(10-19(25)24-12)15-9-14(22)7-8-17(15)23/h3-9,16H,10-11H2,1-2H3,(H,24,25). The summed E-state index contributed by atoms with van der Waals surface area (Å²) in [6.45, 7) is 1.71. The molecule has 0 saturated heterocycles. The summed E-state index contributed by atoms with van der Waals surface area (Å²) in [6.07, 6.45) is 0.0799. The quantitative estimate of drug-likeness (QED) is 0.717. The van der Waals surface area contributed by atoms with E-state index in [0.29, 0.717) is 32.6 Å². The van der Waals surface area contributed by atoms with E-state index in [2.05, 4.69) is 5.32 Å². The Hall–Kier alpha value is -2.50. The Bertz CT molecular complexity index is 955. The fraction of sp³-hybridized carbons (Fsp3) is 0.238. The van der Waals surface area contributed by atoms with E-state index in [1.807, 2.05) is 18.2 Å². The Morgan fingerprint density at radius 1 is 1.21 bits per heavy atom. The van der Waals surface area contributed by atoms with Crippen molar-refractivity contribution < 1.29 is 19.1 Å². The number of amides is 1. The number of ether oxygens (including phenoxy) is 2. The van der Waals surface area contributed by atoms with Gasteiger partial charge in [0.05, 0.1) is 12.7 Å². The van der Waals surface area contributed by atoms with E-state index in [1.165, 1.54) is 0 Å². The summed E-state index contributed by atoms with van der Waals surface area (Å²) in [5.74, 6) is -0.623. The highest BCUT2D eigenvalue weighted by Gasteiger charge is 2.34. The van der Waals surface area contributed by atoms with E-state index >= 15 is 0 Å². The van der Waals surface area contributed by atoms with Gasteiger partial charge in [0, 0.05) is 33.6 Å². The van der Waals surface area contributed by atoms with Crippen molar-refractivity contribution in [3.8, 4) is 5.75 Å². The molecule has 7 heteroatoms. The average molecular weight is 420 g/mol. The lowest BCUT2D eigenvalue weighted by atomic mass is 9.84. The molecule has 1 aliphatic heterocycles. The molecule has 1 aliphatic rings. The second-order valence-corrected chi connectivity index (χ2v) is 7.24. The molecule has 2 aromatic carbocycles. The molecule has 28 heavy (non-hydrogen) atoms. The lowest BCUT2D eigenvalue weighted by Gasteiger charge is -2.27. The average Bonchev–Trinajstić information content (AvgIpc) is 2.67.